The minimum absolute atomic E-state index is 0.424. The molecular formula is C20H25N5O. The Balaban J connectivity index is 1.40. The van der Waals surface area contributed by atoms with Crippen LogP contribution in [-0.4, -0.2) is 40.2 Å². The first kappa shape index (κ1) is 17.0. The maximum atomic E-state index is 5.72. The zero-order valence-electron chi connectivity index (χ0n) is 15.3. The predicted molar refractivity (Wildman–Crippen MR) is 100 cm³/mol. The van der Waals surface area contributed by atoms with E-state index in [1.54, 1.807) is 0 Å². The molecule has 26 heavy (non-hydrogen) atoms. The highest BCUT2D eigenvalue weighted by molar-refractivity contribution is 5.56. The normalized spacial score (nSPS) is 20.7. The molecule has 0 radical (unpaired) electrons. The van der Waals surface area contributed by atoms with Gasteiger partial charge < -0.3 is 9.73 Å². The molecule has 4 heterocycles. The number of nitrogens with zero attached hydrogens (tertiary/aromatic N) is 3. The summed E-state index contributed by atoms with van der Waals surface area (Å²) in [7, 11) is 2.20. The van der Waals surface area contributed by atoms with Gasteiger partial charge in [0.25, 0.3) is 0 Å². The molecule has 136 valence electrons. The van der Waals surface area contributed by atoms with Crippen molar-refractivity contribution in [3.63, 3.8) is 0 Å². The Morgan fingerprint density at radius 1 is 1.31 bits per heavy atom. The van der Waals surface area contributed by atoms with Gasteiger partial charge in [-0.2, -0.15) is 5.10 Å². The van der Waals surface area contributed by atoms with E-state index in [-0.39, 0.29) is 0 Å². The Labute approximate surface area is 153 Å². The number of nitrogens with one attached hydrogen (secondary N) is 2. The molecule has 0 unspecified atom stereocenters. The SMILES string of the molecule is Cc1ccc(-c2[nH]ncc2CNC[C@@H]2CCN(C)[C@H]2c2cccnc2)o1. The number of likely N-dealkylation sites (tertiary alicyclic amines) is 1. The monoisotopic (exact) mass is 351 g/mol. The first-order valence-electron chi connectivity index (χ1n) is 9.12. The van der Waals surface area contributed by atoms with Crippen LogP contribution in [0, 0.1) is 12.8 Å². The van der Waals surface area contributed by atoms with E-state index in [9.17, 15) is 0 Å². The molecule has 1 fully saturated rings. The molecule has 2 atom stereocenters. The van der Waals surface area contributed by atoms with Crippen LogP contribution >= 0.6 is 0 Å². The molecule has 0 amide bonds. The summed E-state index contributed by atoms with van der Waals surface area (Å²) in [5.74, 6) is 2.32. The second kappa shape index (κ2) is 7.43. The number of aryl methyl sites for hydroxylation is 1. The van der Waals surface area contributed by atoms with Gasteiger partial charge in [-0.25, -0.2) is 0 Å². The van der Waals surface area contributed by atoms with Gasteiger partial charge in [-0.05, 0) is 56.6 Å². The summed E-state index contributed by atoms with van der Waals surface area (Å²) >= 11 is 0. The fourth-order valence-electron chi connectivity index (χ4n) is 3.94. The van der Waals surface area contributed by atoms with E-state index < -0.39 is 0 Å². The number of hydrogen-bond donors (Lipinski definition) is 2. The topological polar surface area (TPSA) is 70.0 Å². The Morgan fingerprint density at radius 2 is 2.23 bits per heavy atom. The zero-order valence-corrected chi connectivity index (χ0v) is 15.3. The van der Waals surface area contributed by atoms with Gasteiger partial charge in [0, 0.05) is 37.1 Å². The molecule has 6 nitrogen and oxygen atoms in total. The van der Waals surface area contributed by atoms with Gasteiger partial charge in [0.2, 0.25) is 0 Å². The highest BCUT2D eigenvalue weighted by atomic mass is 16.3. The van der Waals surface area contributed by atoms with Crippen LogP contribution in [0.4, 0.5) is 0 Å². The highest BCUT2D eigenvalue weighted by Crippen LogP contribution is 2.35. The largest absolute Gasteiger partial charge is 0.460 e. The van der Waals surface area contributed by atoms with Gasteiger partial charge in [-0.1, -0.05) is 6.07 Å². The highest BCUT2D eigenvalue weighted by Gasteiger charge is 2.32. The average molecular weight is 351 g/mol. The maximum absolute atomic E-state index is 5.72. The molecule has 0 saturated carbocycles. The van der Waals surface area contributed by atoms with Gasteiger partial charge in [-0.3, -0.25) is 15.0 Å². The summed E-state index contributed by atoms with van der Waals surface area (Å²) < 4.78 is 5.72. The summed E-state index contributed by atoms with van der Waals surface area (Å²) in [6, 6.07) is 8.58. The van der Waals surface area contributed by atoms with Crippen LogP contribution in [0.15, 0.2) is 47.3 Å². The number of aromatic amines is 1. The maximum Gasteiger partial charge on any atom is 0.152 e. The minimum Gasteiger partial charge on any atom is -0.460 e. The lowest BCUT2D eigenvalue weighted by Crippen LogP contribution is -2.28. The Kier molecular flexibility index (Phi) is 4.86. The van der Waals surface area contributed by atoms with E-state index in [1.165, 1.54) is 12.0 Å². The molecule has 6 heteroatoms. The van der Waals surface area contributed by atoms with Crippen molar-refractivity contribution < 1.29 is 4.42 Å². The molecular weight excluding hydrogens is 326 g/mol. The van der Waals surface area contributed by atoms with Crippen LogP contribution in [0.25, 0.3) is 11.5 Å². The van der Waals surface area contributed by atoms with Crippen molar-refractivity contribution in [1.29, 1.82) is 0 Å². The Hall–Kier alpha value is -2.44. The van der Waals surface area contributed by atoms with Crippen LogP contribution in [0.3, 0.4) is 0 Å². The van der Waals surface area contributed by atoms with Crippen molar-refractivity contribution >= 4 is 0 Å². The molecule has 2 N–H and O–H groups in total. The van der Waals surface area contributed by atoms with Gasteiger partial charge in [0.05, 0.1) is 6.20 Å². The molecule has 3 aromatic rings. The standard InChI is InChI=1S/C20H25N5O/c1-14-5-6-18(26-14)19-17(13-23-24-19)12-22-11-16-7-9-25(2)20(16)15-4-3-8-21-10-15/h3-6,8,10,13,16,20,22H,7,9,11-12H2,1-2H3,(H,23,24)/t16-,20-/m0/s1. The third-order valence-electron chi connectivity index (χ3n) is 5.23. The molecule has 1 aliphatic rings. The fraction of sp³-hybridized carbons (Fsp3) is 0.400. The third kappa shape index (κ3) is 3.43. The number of pyridine rings is 1. The van der Waals surface area contributed by atoms with Crippen molar-refractivity contribution in [1.82, 2.24) is 25.4 Å². The quantitative estimate of drug-likeness (QED) is 0.714. The Bertz CT molecular complexity index is 841. The van der Waals surface area contributed by atoms with Crippen molar-refractivity contribution in [2.24, 2.45) is 5.92 Å². The molecule has 1 saturated heterocycles. The van der Waals surface area contributed by atoms with E-state index in [0.717, 1.165) is 42.4 Å². The average Bonchev–Trinajstić information content (AvgIpc) is 3.36. The second-order valence-electron chi connectivity index (χ2n) is 7.07. The van der Waals surface area contributed by atoms with E-state index in [2.05, 4.69) is 38.5 Å². The summed E-state index contributed by atoms with van der Waals surface area (Å²) in [5, 5.41) is 10.9. The molecule has 1 aliphatic heterocycles. The second-order valence-corrected chi connectivity index (χ2v) is 7.07. The first-order valence-corrected chi connectivity index (χ1v) is 9.12. The summed E-state index contributed by atoms with van der Waals surface area (Å²) in [5.41, 5.74) is 3.39. The zero-order chi connectivity index (χ0) is 17.9. The summed E-state index contributed by atoms with van der Waals surface area (Å²) in [6.07, 6.45) is 6.90. The van der Waals surface area contributed by atoms with Gasteiger partial charge in [0.1, 0.15) is 11.5 Å². The predicted octanol–water partition coefficient (Wildman–Crippen LogP) is 3.16. The molecule has 0 bridgehead atoms. The van der Waals surface area contributed by atoms with E-state index >= 15 is 0 Å². The smallest absolute Gasteiger partial charge is 0.152 e. The molecule has 4 rings (SSSR count). The Morgan fingerprint density at radius 3 is 3.00 bits per heavy atom. The van der Waals surface area contributed by atoms with Crippen LogP contribution in [-0.2, 0) is 6.54 Å². The lowest BCUT2D eigenvalue weighted by molar-refractivity contribution is 0.271. The lowest BCUT2D eigenvalue weighted by Gasteiger charge is -2.25. The minimum atomic E-state index is 0.424. The molecule has 0 spiro atoms. The summed E-state index contributed by atoms with van der Waals surface area (Å²) in [4.78, 5) is 6.73. The van der Waals surface area contributed by atoms with Crippen LogP contribution in [0.1, 0.15) is 29.3 Å². The number of rotatable bonds is 6. The fourth-order valence-corrected chi connectivity index (χ4v) is 3.94. The van der Waals surface area contributed by atoms with E-state index in [1.807, 2.05) is 43.7 Å². The van der Waals surface area contributed by atoms with E-state index in [0.29, 0.717) is 12.0 Å². The van der Waals surface area contributed by atoms with E-state index in [4.69, 9.17) is 4.42 Å². The number of hydrogen-bond acceptors (Lipinski definition) is 5. The van der Waals surface area contributed by atoms with Crippen molar-refractivity contribution in [3.05, 3.63) is 59.7 Å². The van der Waals surface area contributed by atoms with Crippen LogP contribution in [0.5, 0.6) is 0 Å². The lowest BCUT2D eigenvalue weighted by atomic mass is 9.94. The molecule has 3 aromatic heterocycles. The van der Waals surface area contributed by atoms with Crippen LogP contribution < -0.4 is 5.32 Å². The third-order valence-corrected chi connectivity index (χ3v) is 5.23. The van der Waals surface area contributed by atoms with Crippen molar-refractivity contribution in [2.75, 3.05) is 20.1 Å². The molecule has 0 aromatic carbocycles. The number of furan rings is 1. The summed E-state index contributed by atoms with van der Waals surface area (Å²) in [6.45, 7) is 4.80. The van der Waals surface area contributed by atoms with Crippen molar-refractivity contribution in [3.8, 4) is 11.5 Å². The van der Waals surface area contributed by atoms with Crippen molar-refractivity contribution in [2.45, 2.75) is 25.9 Å². The van der Waals surface area contributed by atoms with Gasteiger partial charge in [0.15, 0.2) is 5.76 Å². The molecule has 0 aliphatic carbocycles. The number of aromatic nitrogens is 3. The van der Waals surface area contributed by atoms with Gasteiger partial charge >= 0.3 is 0 Å². The van der Waals surface area contributed by atoms with Crippen LogP contribution in [0.2, 0.25) is 0 Å². The first-order chi connectivity index (χ1) is 12.7. The van der Waals surface area contributed by atoms with Gasteiger partial charge in [-0.15, -0.1) is 0 Å². The number of H-pyrrole nitrogens is 1.